The molecule has 13 heavy (non-hydrogen) atoms. The fourth-order valence-electron chi connectivity index (χ4n) is 0.874. The van der Waals surface area contributed by atoms with Crippen LogP contribution in [0.4, 0.5) is 4.39 Å². The molecule has 72 valence electrons. The lowest BCUT2D eigenvalue weighted by molar-refractivity contribution is 0.627. The molecule has 0 saturated heterocycles. The van der Waals surface area contributed by atoms with Crippen LogP contribution in [0.2, 0.25) is 5.02 Å². The normalized spacial score (nSPS) is 10.4. The molecule has 0 unspecified atom stereocenters. The molecule has 1 aromatic carbocycles. The van der Waals surface area contributed by atoms with Crippen molar-refractivity contribution in [1.29, 1.82) is 0 Å². The van der Waals surface area contributed by atoms with Crippen LogP contribution in [0.3, 0.4) is 0 Å². The zero-order valence-corrected chi connectivity index (χ0v) is 9.22. The highest BCUT2D eigenvalue weighted by Gasteiger charge is 2.00. The summed E-state index contributed by atoms with van der Waals surface area (Å²) in [6.45, 7) is 0. The standard InChI is InChI=1S/C9H9Cl2FS/c10-3-4-13-6-7-1-2-8(11)9(12)5-7/h1-2,5H,3-4,6H2. The largest absolute Gasteiger partial charge is 0.205 e. The van der Waals surface area contributed by atoms with E-state index in [1.807, 2.05) is 6.07 Å². The topological polar surface area (TPSA) is 0 Å². The van der Waals surface area contributed by atoms with Crippen LogP contribution >= 0.6 is 35.0 Å². The fraction of sp³-hybridized carbons (Fsp3) is 0.333. The van der Waals surface area contributed by atoms with Crippen molar-refractivity contribution in [1.82, 2.24) is 0 Å². The molecule has 0 atom stereocenters. The van der Waals surface area contributed by atoms with Crippen LogP contribution in [0.1, 0.15) is 5.56 Å². The highest BCUT2D eigenvalue weighted by molar-refractivity contribution is 7.98. The van der Waals surface area contributed by atoms with Crippen molar-refractivity contribution in [3.63, 3.8) is 0 Å². The van der Waals surface area contributed by atoms with Crippen LogP contribution in [0.5, 0.6) is 0 Å². The fourth-order valence-corrected chi connectivity index (χ4v) is 1.99. The van der Waals surface area contributed by atoms with E-state index >= 15 is 0 Å². The monoisotopic (exact) mass is 238 g/mol. The van der Waals surface area contributed by atoms with Crippen molar-refractivity contribution in [2.45, 2.75) is 5.75 Å². The van der Waals surface area contributed by atoms with Gasteiger partial charge in [0.2, 0.25) is 0 Å². The summed E-state index contributed by atoms with van der Waals surface area (Å²) in [6, 6.07) is 4.86. The molecule has 4 heteroatoms. The third-order valence-electron chi connectivity index (χ3n) is 1.47. The molecule has 0 bridgehead atoms. The summed E-state index contributed by atoms with van der Waals surface area (Å²) < 4.78 is 12.9. The summed E-state index contributed by atoms with van der Waals surface area (Å²) >= 11 is 12.7. The van der Waals surface area contributed by atoms with Gasteiger partial charge in [-0.05, 0) is 17.7 Å². The van der Waals surface area contributed by atoms with Gasteiger partial charge in [0.05, 0.1) is 5.02 Å². The van der Waals surface area contributed by atoms with Crippen molar-refractivity contribution in [3.05, 3.63) is 34.6 Å². The molecular formula is C9H9Cl2FS. The molecule has 1 rings (SSSR count). The predicted molar refractivity (Wildman–Crippen MR) is 58.3 cm³/mol. The number of benzene rings is 1. The smallest absolute Gasteiger partial charge is 0.142 e. The molecule has 0 amide bonds. The van der Waals surface area contributed by atoms with Gasteiger partial charge in [-0.3, -0.25) is 0 Å². The summed E-state index contributed by atoms with van der Waals surface area (Å²) in [5.41, 5.74) is 0.942. The molecule has 0 aromatic heterocycles. The molecule has 0 radical (unpaired) electrons. The second-order valence-corrected chi connectivity index (χ2v) is 4.38. The first-order valence-corrected chi connectivity index (χ1v) is 5.88. The van der Waals surface area contributed by atoms with E-state index in [9.17, 15) is 4.39 Å². The van der Waals surface area contributed by atoms with E-state index in [0.29, 0.717) is 5.88 Å². The van der Waals surface area contributed by atoms with Crippen LogP contribution in [-0.4, -0.2) is 11.6 Å². The molecule has 0 aliphatic carbocycles. The van der Waals surface area contributed by atoms with E-state index in [0.717, 1.165) is 17.1 Å². The number of thioether (sulfide) groups is 1. The lowest BCUT2D eigenvalue weighted by atomic mass is 10.2. The number of rotatable bonds is 4. The summed E-state index contributed by atoms with van der Waals surface area (Å²) in [7, 11) is 0. The van der Waals surface area contributed by atoms with Crippen LogP contribution < -0.4 is 0 Å². The Morgan fingerprint density at radius 1 is 1.38 bits per heavy atom. The maximum atomic E-state index is 12.9. The van der Waals surface area contributed by atoms with Gasteiger partial charge in [-0.25, -0.2) is 4.39 Å². The Labute approximate surface area is 91.4 Å². The minimum atomic E-state index is -0.356. The lowest BCUT2D eigenvalue weighted by Gasteiger charge is -2.01. The first-order chi connectivity index (χ1) is 6.24. The maximum absolute atomic E-state index is 12.9. The van der Waals surface area contributed by atoms with Crippen LogP contribution in [0, 0.1) is 5.82 Å². The minimum absolute atomic E-state index is 0.172. The average molecular weight is 239 g/mol. The van der Waals surface area contributed by atoms with Crippen LogP contribution in [-0.2, 0) is 5.75 Å². The Hall–Kier alpha value is 0.0800. The van der Waals surface area contributed by atoms with E-state index in [-0.39, 0.29) is 10.8 Å². The van der Waals surface area contributed by atoms with Crippen LogP contribution in [0.15, 0.2) is 18.2 Å². The second-order valence-electron chi connectivity index (χ2n) is 2.49. The molecule has 0 spiro atoms. The zero-order valence-electron chi connectivity index (χ0n) is 6.90. The molecule has 0 heterocycles. The molecular weight excluding hydrogens is 230 g/mol. The summed E-state index contributed by atoms with van der Waals surface area (Å²) in [6.07, 6.45) is 0. The highest BCUT2D eigenvalue weighted by Crippen LogP contribution is 2.19. The first-order valence-electron chi connectivity index (χ1n) is 3.81. The molecule has 0 N–H and O–H groups in total. The van der Waals surface area contributed by atoms with Crippen molar-refractivity contribution in [2.75, 3.05) is 11.6 Å². The molecule has 1 aromatic rings. The third kappa shape index (κ3) is 3.75. The predicted octanol–water partition coefficient (Wildman–Crippen LogP) is 3.95. The number of hydrogen-bond acceptors (Lipinski definition) is 1. The highest BCUT2D eigenvalue weighted by atomic mass is 35.5. The van der Waals surface area contributed by atoms with Crippen molar-refractivity contribution in [3.8, 4) is 0 Å². The van der Waals surface area contributed by atoms with Gasteiger partial charge in [0.25, 0.3) is 0 Å². The zero-order chi connectivity index (χ0) is 9.68. The van der Waals surface area contributed by atoms with E-state index in [4.69, 9.17) is 23.2 Å². The van der Waals surface area contributed by atoms with Crippen molar-refractivity contribution in [2.24, 2.45) is 0 Å². The van der Waals surface area contributed by atoms with E-state index in [1.165, 1.54) is 6.07 Å². The van der Waals surface area contributed by atoms with E-state index in [1.54, 1.807) is 17.8 Å². The Morgan fingerprint density at radius 2 is 2.15 bits per heavy atom. The summed E-state index contributed by atoms with van der Waals surface area (Å²) in [5.74, 6) is 1.93. The number of halogens is 3. The van der Waals surface area contributed by atoms with Crippen molar-refractivity contribution < 1.29 is 4.39 Å². The van der Waals surface area contributed by atoms with Gasteiger partial charge < -0.3 is 0 Å². The minimum Gasteiger partial charge on any atom is -0.205 e. The molecule has 0 saturated carbocycles. The van der Waals surface area contributed by atoms with E-state index in [2.05, 4.69) is 0 Å². The lowest BCUT2D eigenvalue weighted by Crippen LogP contribution is -1.86. The molecule has 0 aliphatic heterocycles. The molecule has 0 aliphatic rings. The molecule has 0 fully saturated rings. The quantitative estimate of drug-likeness (QED) is 0.566. The maximum Gasteiger partial charge on any atom is 0.142 e. The first kappa shape index (κ1) is 11.2. The van der Waals surface area contributed by atoms with Crippen LogP contribution in [0.25, 0.3) is 0 Å². The van der Waals surface area contributed by atoms with Gasteiger partial charge in [-0.2, -0.15) is 11.8 Å². The number of hydrogen-bond donors (Lipinski definition) is 0. The average Bonchev–Trinajstić information content (AvgIpc) is 2.12. The van der Waals surface area contributed by atoms with Gasteiger partial charge >= 0.3 is 0 Å². The molecule has 0 nitrogen and oxygen atoms in total. The number of alkyl halides is 1. The second kappa shape index (κ2) is 5.74. The summed E-state index contributed by atoms with van der Waals surface area (Å²) in [4.78, 5) is 0. The summed E-state index contributed by atoms with van der Waals surface area (Å²) in [5, 5.41) is 0.172. The van der Waals surface area contributed by atoms with Gasteiger partial charge in [-0.15, -0.1) is 11.6 Å². The Kier molecular flexibility index (Phi) is 4.92. The third-order valence-corrected chi connectivity index (χ3v) is 3.22. The van der Waals surface area contributed by atoms with Gasteiger partial charge in [0, 0.05) is 17.4 Å². The van der Waals surface area contributed by atoms with Gasteiger partial charge in [-0.1, -0.05) is 17.7 Å². The van der Waals surface area contributed by atoms with Crippen molar-refractivity contribution >= 4 is 35.0 Å². The Balaban J connectivity index is 2.53. The SMILES string of the molecule is Fc1cc(CSCCCl)ccc1Cl. The van der Waals surface area contributed by atoms with Gasteiger partial charge in [0.15, 0.2) is 0 Å². The Bertz CT molecular complexity index is 278. The van der Waals surface area contributed by atoms with Gasteiger partial charge in [0.1, 0.15) is 5.82 Å². The van der Waals surface area contributed by atoms with E-state index < -0.39 is 0 Å². The Morgan fingerprint density at radius 3 is 2.77 bits per heavy atom.